The van der Waals surface area contributed by atoms with Crippen molar-refractivity contribution in [2.75, 3.05) is 7.05 Å². The molecule has 0 atom stereocenters. The summed E-state index contributed by atoms with van der Waals surface area (Å²) < 4.78 is 8.92. The Labute approximate surface area is 190 Å². The molecule has 0 fully saturated rings. The number of fused-ring (bicyclic) bond motifs is 7. The molecule has 4 nitrogen and oxygen atoms in total. The van der Waals surface area contributed by atoms with Crippen molar-refractivity contribution in [3.8, 4) is 11.1 Å². The number of nitrogens with zero attached hydrogens (tertiary/aromatic N) is 3. The molecule has 0 spiro atoms. The lowest BCUT2D eigenvalue weighted by Gasteiger charge is -2.01. The molecule has 0 radical (unpaired) electrons. The van der Waals surface area contributed by atoms with E-state index in [-0.39, 0.29) is 0 Å². The lowest BCUT2D eigenvalue weighted by molar-refractivity contribution is 0.673. The molecule has 3 aromatic carbocycles. The Balaban J connectivity index is 1.68. The quantitative estimate of drug-likeness (QED) is 0.279. The first-order valence-corrected chi connectivity index (χ1v) is 11.3. The molecule has 33 heavy (non-hydrogen) atoms. The van der Waals surface area contributed by atoms with Gasteiger partial charge in [0.1, 0.15) is 11.2 Å². The van der Waals surface area contributed by atoms with Crippen molar-refractivity contribution in [3.63, 3.8) is 0 Å². The fourth-order valence-electron chi connectivity index (χ4n) is 5.47. The molecule has 4 heteroatoms. The van der Waals surface area contributed by atoms with Crippen LogP contribution in [-0.4, -0.2) is 22.6 Å². The molecule has 0 bridgehead atoms. The van der Waals surface area contributed by atoms with Crippen LogP contribution in [0, 0.1) is 0 Å². The van der Waals surface area contributed by atoms with Gasteiger partial charge in [-0.05, 0) is 47.4 Å². The van der Waals surface area contributed by atoms with E-state index in [1.54, 1.807) is 0 Å². The van der Waals surface area contributed by atoms with E-state index in [0.29, 0.717) is 0 Å². The maximum Gasteiger partial charge on any atom is 0.145 e. The van der Waals surface area contributed by atoms with Crippen molar-refractivity contribution in [2.24, 2.45) is 4.99 Å². The Bertz CT molecular complexity index is 1860. The van der Waals surface area contributed by atoms with Crippen LogP contribution in [0.15, 0.2) is 82.5 Å². The minimum absolute atomic E-state index is 0.915. The summed E-state index contributed by atoms with van der Waals surface area (Å²) in [6, 6.07) is 21.4. The summed E-state index contributed by atoms with van der Waals surface area (Å²) in [6.45, 7) is 2.21. The van der Waals surface area contributed by atoms with Gasteiger partial charge in [-0.3, -0.25) is 9.98 Å². The highest BCUT2D eigenvalue weighted by atomic mass is 16.3. The first-order valence-electron chi connectivity index (χ1n) is 11.3. The van der Waals surface area contributed by atoms with Crippen LogP contribution in [0.25, 0.3) is 60.3 Å². The van der Waals surface area contributed by atoms with Gasteiger partial charge in [0.25, 0.3) is 0 Å². The molecule has 7 rings (SSSR count). The molecule has 158 valence electrons. The summed E-state index contributed by atoms with van der Waals surface area (Å²) in [4.78, 5) is 8.81. The molecule has 0 aliphatic rings. The number of aliphatic imine (C=N–C) groups is 1. The second-order valence-corrected chi connectivity index (χ2v) is 8.54. The highest BCUT2D eigenvalue weighted by molar-refractivity contribution is 6.29. The number of hydrogen-bond donors (Lipinski definition) is 0. The van der Waals surface area contributed by atoms with Crippen LogP contribution < -0.4 is 0 Å². The van der Waals surface area contributed by atoms with E-state index in [1.165, 1.54) is 22.0 Å². The zero-order chi connectivity index (χ0) is 22.1. The fraction of sp³-hybridized carbons (Fsp3) is 0.103. The minimum atomic E-state index is 0.915. The Morgan fingerprint density at radius 1 is 0.939 bits per heavy atom. The van der Waals surface area contributed by atoms with Crippen LogP contribution in [0.2, 0.25) is 0 Å². The summed E-state index contributed by atoms with van der Waals surface area (Å²) in [5, 5.41) is 5.88. The van der Waals surface area contributed by atoms with Crippen molar-refractivity contribution >= 4 is 55.3 Å². The molecule has 0 amide bonds. The Hall–Kier alpha value is -4.18. The third kappa shape index (κ3) is 2.35. The van der Waals surface area contributed by atoms with Gasteiger partial charge < -0.3 is 8.82 Å². The number of furan rings is 1. The van der Waals surface area contributed by atoms with E-state index in [2.05, 4.69) is 75.9 Å². The number of aryl methyl sites for hydroxylation is 1. The first-order chi connectivity index (χ1) is 16.3. The van der Waals surface area contributed by atoms with Crippen molar-refractivity contribution in [1.29, 1.82) is 0 Å². The fourth-order valence-corrected chi connectivity index (χ4v) is 5.47. The minimum Gasteiger partial charge on any atom is -0.455 e. The first kappa shape index (κ1) is 18.4. The number of rotatable bonds is 3. The summed E-state index contributed by atoms with van der Waals surface area (Å²) >= 11 is 0. The Morgan fingerprint density at radius 2 is 1.82 bits per heavy atom. The van der Waals surface area contributed by atoms with Gasteiger partial charge >= 0.3 is 0 Å². The van der Waals surface area contributed by atoms with Crippen LogP contribution in [0.5, 0.6) is 0 Å². The largest absolute Gasteiger partial charge is 0.455 e. The lowest BCUT2D eigenvalue weighted by atomic mass is 10.0. The monoisotopic (exact) mass is 427 g/mol. The predicted octanol–water partition coefficient (Wildman–Crippen LogP) is 7.26. The second-order valence-electron chi connectivity index (χ2n) is 8.54. The number of pyridine rings is 1. The standard InChI is InChI=1S/C29H21N3O/c1-3-19-22-14-23-20-10-9-18(17-7-5-4-6-8-17)13-26(20)33-29(23)27-21-11-12-31-16-25(21)32(28(22)27)24(19)15-30-2/h4-16H,3H2,1-2H3. The highest BCUT2D eigenvalue weighted by Crippen LogP contribution is 2.44. The molecule has 0 aliphatic carbocycles. The summed E-state index contributed by atoms with van der Waals surface area (Å²) in [6.07, 6.45) is 6.71. The van der Waals surface area contributed by atoms with Gasteiger partial charge in [-0.25, -0.2) is 0 Å². The molecule has 4 aromatic heterocycles. The maximum absolute atomic E-state index is 6.61. The van der Waals surface area contributed by atoms with Crippen LogP contribution in [0.4, 0.5) is 0 Å². The van der Waals surface area contributed by atoms with E-state index in [9.17, 15) is 0 Å². The van der Waals surface area contributed by atoms with Crippen molar-refractivity contribution in [3.05, 3.63) is 84.3 Å². The number of hydrogen-bond acceptors (Lipinski definition) is 3. The Morgan fingerprint density at radius 3 is 2.64 bits per heavy atom. The molecular formula is C29H21N3O. The molecule has 7 aromatic rings. The van der Waals surface area contributed by atoms with Gasteiger partial charge in [0.2, 0.25) is 0 Å². The van der Waals surface area contributed by atoms with Crippen LogP contribution in [0.3, 0.4) is 0 Å². The second kappa shape index (κ2) is 6.66. The molecule has 0 saturated carbocycles. The topological polar surface area (TPSA) is 42.8 Å². The van der Waals surface area contributed by atoms with Crippen LogP contribution in [-0.2, 0) is 6.42 Å². The van der Waals surface area contributed by atoms with Crippen molar-refractivity contribution < 1.29 is 4.42 Å². The molecule has 4 heterocycles. The SMILES string of the molecule is CCc1c(C=NC)n2c3cnccc3c3c4oc5cc(-c6ccccc6)ccc5c4cc1c32. The Kier molecular flexibility index (Phi) is 3.71. The highest BCUT2D eigenvalue weighted by Gasteiger charge is 2.24. The number of benzene rings is 3. The molecule has 0 saturated heterocycles. The average molecular weight is 428 g/mol. The average Bonchev–Trinajstić information content (AvgIpc) is 3.49. The lowest BCUT2D eigenvalue weighted by Crippen LogP contribution is -1.94. The van der Waals surface area contributed by atoms with E-state index in [4.69, 9.17) is 4.42 Å². The smallest absolute Gasteiger partial charge is 0.145 e. The van der Waals surface area contributed by atoms with Crippen LogP contribution in [0.1, 0.15) is 18.2 Å². The zero-order valence-corrected chi connectivity index (χ0v) is 18.5. The van der Waals surface area contributed by atoms with Gasteiger partial charge in [-0.2, -0.15) is 0 Å². The third-order valence-electron chi connectivity index (χ3n) is 6.86. The van der Waals surface area contributed by atoms with Gasteiger partial charge in [0.05, 0.1) is 28.3 Å². The maximum atomic E-state index is 6.61. The van der Waals surface area contributed by atoms with E-state index in [0.717, 1.165) is 55.9 Å². The molecule has 0 aliphatic heterocycles. The van der Waals surface area contributed by atoms with E-state index in [1.807, 2.05) is 31.7 Å². The zero-order valence-electron chi connectivity index (χ0n) is 18.5. The summed E-state index contributed by atoms with van der Waals surface area (Å²) in [7, 11) is 1.83. The predicted molar refractivity (Wildman–Crippen MR) is 137 cm³/mol. The van der Waals surface area contributed by atoms with E-state index < -0.39 is 0 Å². The van der Waals surface area contributed by atoms with Crippen molar-refractivity contribution in [1.82, 2.24) is 9.38 Å². The van der Waals surface area contributed by atoms with Crippen molar-refractivity contribution in [2.45, 2.75) is 13.3 Å². The molecule has 0 N–H and O–H groups in total. The van der Waals surface area contributed by atoms with E-state index >= 15 is 0 Å². The van der Waals surface area contributed by atoms with Crippen LogP contribution >= 0.6 is 0 Å². The third-order valence-corrected chi connectivity index (χ3v) is 6.86. The normalized spacial score (nSPS) is 12.5. The van der Waals surface area contributed by atoms with Gasteiger partial charge in [0, 0.05) is 41.0 Å². The summed E-state index contributed by atoms with van der Waals surface area (Å²) in [5.74, 6) is 0. The molecule has 0 unspecified atom stereocenters. The summed E-state index contributed by atoms with van der Waals surface area (Å²) in [5.41, 5.74) is 8.92. The van der Waals surface area contributed by atoms with Gasteiger partial charge in [-0.1, -0.05) is 43.3 Å². The van der Waals surface area contributed by atoms with Gasteiger partial charge in [0.15, 0.2) is 0 Å². The number of aromatic nitrogens is 2. The molecular weight excluding hydrogens is 406 g/mol. The van der Waals surface area contributed by atoms with Gasteiger partial charge in [-0.15, -0.1) is 0 Å².